The summed E-state index contributed by atoms with van der Waals surface area (Å²) in [7, 11) is 0. The van der Waals surface area contributed by atoms with Crippen LogP contribution in [0.1, 0.15) is 24.5 Å². The van der Waals surface area contributed by atoms with Crippen LogP contribution in [0.25, 0.3) is 0 Å². The second-order valence-corrected chi connectivity index (χ2v) is 5.80. The Kier molecular flexibility index (Phi) is 5.95. The van der Waals surface area contributed by atoms with Gasteiger partial charge in [-0.3, -0.25) is 9.59 Å². The van der Waals surface area contributed by atoms with Gasteiger partial charge in [-0.2, -0.15) is 0 Å². The van der Waals surface area contributed by atoms with E-state index in [0.29, 0.717) is 24.3 Å². The Balaban J connectivity index is 1.79. The molecule has 5 nitrogen and oxygen atoms in total. The molecule has 126 valence electrons. The SMILES string of the molecule is CC(=O)Nc1ccc(NC(=O)CCNc2ccc(C)cc2C)cc1. The van der Waals surface area contributed by atoms with E-state index < -0.39 is 0 Å². The number of aryl methyl sites for hydroxylation is 2. The summed E-state index contributed by atoms with van der Waals surface area (Å²) in [6, 6.07) is 13.2. The maximum atomic E-state index is 12.0. The summed E-state index contributed by atoms with van der Waals surface area (Å²) >= 11 is 0. The van der Waals surface area contributed by atoms with Crippen molar-refractivity contribution in [2.24, 2.45) is 0 Å². The minimum atomic E-state index is -0.121. The Bertz CT molecular complexity index is 724. The molecule has 0 aliphatic rings. The molecule has 5 heteroatoms. The average molecular weight is 325 g/mol. The predicted molar refractivity (Wildman–Crippen MR) is 98.4 cm³/mol. The maximum absolute atomic E-state index is 12.0. The first-order valence-corrected chi connectivity index (χ1v) is 7.92. The van der Waals surface area contributed by atoms with Crippen molar-refractivity contribution < 1.29 is 9.59 Å². The summed E-state index contributed by atoms with van der Waals surface area (Å²) in [5.41, 5.74) is 4.85. The van der Waals surface area contributed by atoms with Crippen LogP contribution in [-0.4, -0.2) is 18.4 Å². The normalized spacial score (nSPS) is 10.1. The molecule has 0 aliphatic heterocycles. The quantitative estimate of drug-likeness (QED) is 0.758. The molecule has 0 aliphatic carbocycles. The maximum Gasteiger partial charge on any atom is 0.226 e. The van der Waals surface area contributed by atoms with Crippen molar-refractivity contribution in [3.8, 4) is 0 Å². The van der Waals surface area contributed by atoms with Crippen LogP contribution in [0.15, 0.2) is 42.5 Å². The Morgan fingerprint density at radius 1 is 0.917 bits per heavy atom. The zero-order chi connectivity index (χ0) is 17.5. The highest BCUT2D eigenvalue weighted by molar-refractivity contribution is 5.92. The highest BCUT2D eigenvalue weighted by Gasteiger charge is 2.04. The highest BCUT2D eigenvalue weighted by atomic mass is 16.2. The van der Waals surface area contributed by atoms with Crippen molar-refractivity contribution in [1.29, 1.82) is 0 Å². The van der Waals surface area contributed by atoms with E-state index in [-0.39, 0.29) is 11.8 Å². The van der Waals surface area contributed by atoms with Gasteiger partial charge < -0.3 is 16.0 Å². The number of benzene rings is 2. The van der Waals surface area contributed by atoms with Gasteiger partial charge in [0.05, 0.1) is 0 Å². The minimum Gasteiger partial charge on any atom is -0.384 e. The summed E-state index contributed by atoms with van der Waals surface area (Å²) in [6.45, 7) is 6.13. The molecule has 2 rings (SSSR count). The van der Waals surface area contributed by atoms with E-state index >= 15 is 0 Å². The van der Waals surface area contributed by atoms with Gasteiger partial charge in [0.1, 0.15) is 0 Å². The van der Waals surface area contributed by atoms with Crippen LogP contribution in [0.5, 0.6) is 0 Å². The van der Waals surface area contributed by atoms with Gasteiger partial charge in [-0.25, -0.2) is 0 Å². The topological polar surface area (TPSA) is 70.2 Å². The number of hydrogen-bond acceptors (Lipinski definition) is 3. The Morgan fingerprint density at radius 3 is 2.12 bits per heavy atom. The van der Waals surface area contributed by atoms with E-state index in [0.717, 1.165) is 5.69 Å². The highest BCUT2D eigenvalue weighted by Crippen LogP contribution is 2.16. The number of amides is 2. The van der Waals surface area contributed by atoms with Crippen molar-refractivity contribution in [2.45, 2.75) is 27.2 Å². The summed E-state index contributed by atoms with van der Waals surface area (Å²) in [5.74, 6) is -0.177. The molecule has 24 heavy (non-hydrogen) atoms. The van der Waals surface area contributed by atoms with E-state index in [1.54, 1.807) is 24.3 Å². The van der Waals surface area contributed by atoms with Gasteiger partial charge in [0.25, 0.3) is 0 Å². The number of hydrogen-bond donors (Lipinski definition) is 3. The van der Waals surface area contributed by atoms with Crippen molar-refractivity contribution in [3.05, 3.63) is 53.6 Å². The molecule has 3 N–H and O–H groups in total. The number of carbonyl (C=O) groups is 2. The molecule has 0 heterocycles. The molecule has 0 aromatic heterocycles. The van der Waals surface area contributed by atoms with Crippen LogP contribution < -0.4 is 16.0 Å². The molecule has 0 spiro atoms. The Morgan fingerprint density at radius 2 is 1.54 bits per heavy atom. The van der Waals surface area contributed by atoms with Crippen LogP contribution in [0.4, 0.5) is 17.1 Å². The fourth-order valence-electron chi connectivity index (χ4n) is 2.39. The van der Waals surface area contributed by atoms with Gasteiger partial charge in [-0.05, 0) is 49.7 Å². The number of carbonyl (C=O) groups excluding carboxylic acids is 2. The first-order valence-electron chi connectivity index (χ1n) is 7.92. The molecule has 0 atom stereocenters. The van der Waals surface area contributed by atoms with Crippen molar-refractivity contribution in [1.82, 2.24) is 0 Å². The molecule has 0 unspecified atom stereocenters. The third kappa shape index (κ3) is 5.43. The molecular weight excluding hydrogens is 302 g/mol. The van der Waals surface area contributed by atoms with E-state index in [1.165, 1.54) is 18.1 Å². The summed E-state index contributed by atoms with van der Waals surface area (Å²) in [6.07, 6.45) is 0.376. The molecule has 2 aromatic carbocycles. The monoisotopic (exact) mass is 325 g/mol. The molecule has 0 saturated heterocycles. The second-order valence-electron chi connectivity index (χ2n) is 5.80. The number of nitrogens with one attached hydrogen (secondary N) is 3. The van der Waals surface area contributed by atoms with Gasteiger partial charge in [-0.1, -0.05) is 17.7 Å². The van der Waals surface area contributed by atoms with Crippen LogP contribution in [-0.2, 0) is 9.59 Å². The second kappa shape index (κ2) is 8.15. The number of anilines is 3. The van der Waals surface area contributed by atoms with Gasteiger partial charge in [0.15, 0.2) is 0 Å². The molecule has 0 saturated carbocycles. The Hall–Kier alpha value is -2.82. The van der Waals surface area contributed by atoms with E-state index in [2.05, 4.69) is 28.9 Å². The van der Waals surface area contributed by atoms with Gasteiger partial charge >= 0.3 is 0 Å². The number of rotatable bonds is 6. The van der Waals surface area contributed by atoms with Crippen LogP contribution >= 0.6 is 0 Å². The lowest BCUT2D eigenvalue weighted by atomic mass is 10.1. The summed E-state index contributed by atoms with van der Waals surface area (Å²) in [4.78, 5) is 22.9. The van der Waals surface area contributed by atoms with E-state index in [9.17, 15) is 9.59 Å². The largest absolute Gasteiger partial charge is 0.384 e. The fraction of sp³-hybridized carbons (Fsp3) is 0.263. The van der Waals surface area contributed by atoms with Gasteiger partial charge in [0, 0.05) is 37.0 Å². The first kappa shape index (κ1) is 17.5. The van der Waals surface area contributed by atoms with Gasteiger partial charge in [-0.15, -0.1) is 0 Å². The lowest BCUT2D eigenvalue weighted by Gasteiger charge is -2.11. The third-order valence-corrected chi connectivity index (χ3v) is 3.54. The summed E-state index contributed by atoms with van der Waals surface area (Å²) in [5, 5.41) is 8.81. The van der Waals surface area contributed by atoms with Gasteiger partial charge in [0.2, 0.25) is 11.8 Å². The van der Waals surface area contributed by atoms with Crippen LogP contribution in [0.2, 0.25) is 0 Å². The zero-order valence-electron chi connectivity index (χ0n) is 14.3. The first-order chi connectivity index (χ1) is 11.4. The molecule has 0 fully saturated rings. The molecule has 2 amide bonds. The minimum absolute atomic E-state index is 0.0560. The standard InChI is InChI=1S/C19H23N3O2/c1-13-4-9-18(14(2)12-13)20-11-10-19(24)22-17-7-5-16(6-8-17)21-15(3)23/h4-9,12,20H,10-11H2,1-3H3,(H,21,23)(H,22,24). The smallest absolute Gasteiger partial charge is 0.226 e. The van der Waals surface area contributed by atoms with E-state index in [1.807, 2.05) is 19.1 Å². The lowest BCUT2D eigenvalue weighted by Crippen LogP contribution is -2.16. The van der Waals surface area contributed by atoms with Crippen molar-refractivity contribution in [2.75, 3.05) is 22.5 Å². The molecule has 0 bridgehead atoms. The Labute approximate surface area is 142 Å². The fourth-order valence-corrected chi connectivity index (χ4v) is 2.39. The molecular formula is C19H23N3O2. The molecule has 2 aromatic rings. The van der Waals surface area contributed by atoms with Crippen molar-refractivity contribution in [3.63, 3.8) is 0 Å². The van der Waals surface area contributed by atoms with Crippen LogP contribution in [0, 0.1) is 13.8 Å². The third-order valence-electron chi connectivity index (χ3n) is 3.54. The molecule has 0 radical (unpaired) electrons. The zero-order valence-corrected chi connectivity index (χ0v) is 14.3. The predicted octanol–water partition coefficient (Wildman–Crippen LogP) is 3.70. The lowest BCUT2D eigenvalue weighted by molar-refractivity contribution is -0.116. The van der Waals surface area contributed by atoms with Crippen molar-refractivity contribution >= 4 is 28.9 Å². The average Bonchev–Trinajstić information content (AvgIpc) is 2.51. The summed E-state index contributed by atoms with van der Waals surface area (Å²) < 4.78 is 0. The van der Waals surface area contributed by atoms with Crippen LogP contribution in [0.3, 0.4) is 0 Å². The van der Waals surface area contributed by atoms with E-state index in [4.69, 9.17) is 0 Å².